The Hall–Kier alpha value is -3.55. The highest BCUT2D eigenvalue weighted by atomic mass is 35.5. The van der Waals surface area contributed by atoms with Crippen LogP contribution in [0.1, 0.15) is 29.7 Å². The molecule has 0 bridgehead atoms. The van der Waals surface area contributed by atoms with Crippen LogP contribution in [0.3, 0.4) is 0 Å². The second kappa shape index (κ2) is 9.98. The van der Waals surface area contributed by atoms with E-state index in [1.165, 1.54) is 11.1 Å². The Labute approximate surface area is 201 Å². The average molecular weight is 511 g/mol. The maximum atomic E-state index is 12.6. The van der Waals surface area contributed by atoms with Gasteiger partial charge in [0.2, 0.25) is 11.8 Å². The van der Waals surface area contributed by atoms with E-state index in [1.54, 1.807) is 12.1 Å². The first-order valence-corrected chi connectivity index (χ1v) is 10.6. The highest BCUT2D eigenvalue weighted by Crippen LogP contribution is 2.31. The molecule has 0 saturated heterocycles. The third-order valence-corrected chi connectivity index (χ3v) is 5.40. The Morgan fingerprint density at radius 1 is 1.26 bits per heavy atom. The summed E-state index contributed by atoms with van der Waals surface area (Å²) < 4.78 is 43.3. The third kappa shape index (κ3) is 5.58. The van der Waals surface area contributed by atoms with Crippen LogP contribution in [-0.2, 0) is 6.18 Å². The van der Waals surface area contributed by atoms with Gasteiger partial charge in [-0.3, -0.25) is 10.3 Å². The van der Waals surface area contributed by atoms with Crippen molar-refractivity contribution in [2.24, 2.45) is 0 Å². The van der Waals surface area contributed by atoms with Crippen LogP contribution in [0.15, 0.2) is 41.1 Å². The minimum Gasteiger partial charge on any atom is -0.418 e. The molecule has 1 aliphatic heterocycles. The van der Waals surface area contributed by atoms with Crippen LogP contribution < -0.4 is 5.32 Å². The Kier molecular flexibility index (Phi) is 7.00. The Balaban J connectivity index is 1.40. The van der Waals surface area contributed by atoms with Gasteiger partial charge in [-0.05, 0) is 30.2 Å². The molecular formula is C21H18ClF3N6O4. The monoisotopic (exact) mass is 510 g/mol. The summed E-state index contributed by atoms with van der Waals surface area (Å²) in [5, 5.41) is 28.8. The molecule has 1 aliphatic rings. The fourth-order valence-corrected chi connectivity index (χ4v) is 3.54. The van der Waals surface area contributed by atoms with Gasteiger partial charge in [0.25, 0.3) is 0 Å². The van der Waals surface area contributed by atoms with Crippen molar-refractivity contribution in [3.63, 3.8) is 0 Å². The molecule has 0 spiro atoms. The van der Waals surface area contributed by atoms with Crippen molar-refractivity contribution in [3.8, 4) is 11.5 Å². The van der Waals surface area contributed by atoms with Crippen molar-refractivity contribution in [1.29, 1.82) is 0 Å². The van der Waals surface area contributed by atoms with E-state index in [-0.39, 0.29) is 24.1 Å². The van der Waals surface area contributed by atoms with E-state index in [4.69, 9.17) is 21.1 Å². The first-order chi connectivity index (χ1) is 16.7. The van der Waals surface area contributed by atoms with Crippen molar-refractivity contribution in [2.75, 3.05) is 25.0 Å². The van der Waals surface area contributed by atoms with Gasteiger partial charge in [0.05, 0.1) is 28.5 Å². The number of carbonyl (C=O) groups excluding carboxylic acids is 1. The zero-order valence-electron chi connectivity index (χ0n) is 17.8. The topological polar surface area (TPSA) is 138 Å². The number of nitrogens with zero attached hydrogens (tertiary/aromatic N) is 5. The van der Waals surface area contributed by atoms with E-state index in [9.17, 15) is 23.1 Å². The van der Waals surface area contributed by atoms with Crippen LogP contribution in [0.5, 0.6) is 0 Å². The molecule has 4 heterocycles. The van der Waals surface area contributed by atoms with E-state index < -0.39 is 30.5 Å². The molecule has 10 nitrogen and oxygen atoms in total. The minimum absolute atomic E-state index is 0.00812. The van der Waals surface area contributed by atoms with Crippen LogP contribution in [0.2, 0.25) is 5.02 Å². The second-order valence-electron chi connectivity index (χ2n) is 7.48. The molecule has 0 saturated carbocycles. The summed E-state index contributed by atoms with van der Waals surface area (Å²) in [6, 6.07) is 3.01. The lowest BCUT2D eigenvalue weighted by molar-refractivity contribution is -0.137. The van der Waals surface area contributed by atoms with Crippen molar-refractivity contribution >= 4 is 29.0 Å². The van der Waals surface area contributed by atoms with Crippen LogP contribution in [-0.4, -0.2) is 61.0 Å². The van der Waals surface area contributed by atoms with Gasteiger partial charge in [-0.15, -0.1) is 10.2 Å². The number of rotatable bonds is 5. The fourth-order valence-electron chi connectivity index (χ4n) is 3.25. The summed E-state index contributed by atoms with van der Waals surface area (Å²) in [5.74, 6) is -0.0536. The van der Waals surface area contributed by atoms with Gasteiger partial charge >= 0.3 is 12.2 Å². The molecule has 184 valence electrons. The number of aliphatic hydroxyl groups excluding tert-OH is 2. The maximum absolute atomic E-state index is 12.6. The molecule has 3 aromatic rings. The number of urea groups is 1. The van der Waals surface area contributed by atoms with Gasteiger partial charge in [-0.25, -0.2) is 9.78 Å². The van der Waals surface area contributed by atoms with Gasteiger partial charge in [-0.2, -0.15) is 13.2 Å². The standard InChI is InChI=1S/C21H18ClF3N6O4/c22-14-7-12(18-29-30-19(35-18)15(33)10-32)8-27-17(14)11-3-5-31(6-4-11)20(34)28-16-2-1-13(9-26-16)21(23,24)25/h1-3,7-9,15,32-33H,4-6,10H2,(H,26,28,34)/t15-/m1/s1. The summed E-state index contributed by atoms with van der Waals surface area (Å²) in [6.45, 7) is -0.0125. The fraction of sp³-hybridized carbons (Fsp3) is 0.286. The lowest BCUT2D eigenvalue weighted by atomic mass is 10.0. The lowest BCUT2D eigenvalue weighted by Gasteiger charge is -2.26. The van der Waals surface area contributed by atoms with Crippen molar-refractivity contribution < 1.29 is 32.6 Å². The lowest BCUT2D eigenvalue weighted by Crippen LogP contribution is -2.38. The highest BCUT2D eigenvalue weighted by Gasteiger charge is 2.31. The minimum atomic E-state index is -4.51. The number of aliphatic hydroxyl groups is 2. The molecule has 0 aromatic carbocycles. The molecule has 0 radical (unpaired) electrons. The van der Waals surface area contributed by atoms with E-state index in [0.29, 0.717) is 35.4 Å². The zero-order valence-corrected chi connectivity index (χ0v) is 18.6. The van der Waals surface area contributed by atoms with Gasteiger partial charge in [0, 0.05) is 25.5 Å². The number of nitrogens with one attached hydrogen (secondary N) is 1. The molecule has 3 N–H and O–H groups in total. The third-order valence-electron chi connectivity index (χ3n) is 5.11. The quantitative estimate of drug-likeness (QED) is 0.474. The Morgan fingerprint density at radius 3 is 2.66 bits per heavy atom. The van der Waals surface area contributed by atoms with Crippen LogP contribution >= 0.6 is 11.6 Å². The van der Waals surface area contributed by atoms with E-state index in [1.807, 2.05) is 0 Å². The molecule has 2 amide bonds. The molecule has 0 unspecified atom stereocenters. The van der Waals surface area contributed by atoms with Crippen LogP contribution in [0.25, 0.3) is 17.0 Å². The number of carbonyl (C=O) groups is 1. The molecule has 3 aromatic heterocycles. The Bertz CT molecular complexity index is 1250. The molecule has 1 atom stereocenters. The van der Waals surface area contributed by atoms with E-state index in [0.717, 1.165) is 17.7 Å². The number of hydrogen-bond acceptors (Lipinski definition) is 8. The number of aromatic nitrogens is 4. The summed E-state index contributed by atoms with van der Waals surface area (Å²) in [7, 11) is 0. The summed E-state index contributed by atoms with van der Waals surface area (Å²) >= 11 is 6.40. The average Bonchev–Trinajstić information content (AvgIpc) is 3.34. The number of halogens is 4. The first kappa shape index (κ1) is 24.6. The molecule has 14 heteroatoms. The maximum Gasteiger partial charge on any atom is 0.417 e. The predicted octanol–water partition coefficient (Wildman–Crippen LogP) is 3.55. The largest absolute Gasteiger partial charge is 0.418 e. The van der Waals surface area contributed by atoms with Crippen molar-refractivity contribution in [1.82, 2.24) is 25.1 Å². The van der Waals surface area contributed by atoms with Gasteiger partial charge in [0.1, 0.15) is 5.82 Å². The van der Waals surface area contributed by atoms with E-state index in [2.05, 4.69) is 25.5 Å². The smallest absolute Gasteiger partial charge is 0.417 e. The summed E-state index contributed by atoms with van der Waals surface area (Å²) in [5.41, 5.74) is 0.831. The number of alkyl halides is 3. The van der Waals surface area contributed by atoms with Gasteiger partial charge in [0.15, 0.2) is 6.10 Å². The van der Waals surface area contributed by atoms with Crippen molar-refractivity contribution in [3.05, 3.63) is 58.8 Å². The number of hydrogen-bond donors (Lipinski definition) is 3. The summed E-state index contributed by atoms with van der Waals surface area (Å²) in [6.07, 6.45) is -1.45. The van der Waals surface area contributed by atoms with Crippen LogP contribution in [0.4, 0.5) is 23.8 Å². The number of amides is 2. The second-order valence-corrected chi connectivity index (χ2v) is 7.89. The molecule has 0 aliphatic carbocycles. The van der Waals surface area contributed by atoms with E-state index >= 15 is 0 Å². The molecular weight excluding hydrogens is 493 g/mol. The predicted molar refractivity (Wildman–Crippen MR) is 117 cm³/mol. The normalized spacial score (nSPS) is 15.0. The zero-order chi connectivity index (χ0) is 25.2. The molecule has 35 heavy (non-hydrogen) atoms. The van der Waals surface area contributed by atoms with Gasteiger partial charge < -0.3 is 19.5 Å². The van der Waals surface area contributed by atoms with Crippen molar-refractivity contribution in [2.45, 2.75) is 18.7 Å². The number of pyridine rings is 2. The van der Waals surface area contributed by atoms with Crippen LogP contribution in [0, 0.1) is 0 Å². The Morgan fingerprint density at radius 2 is 2.06 bits per heavy atom. The molecule has 4 rings (SSSR count). The van der Waals surface area contributed by atoms with Gasteiger partial charge in [-0.1, -0.05) is 17.7 Å². The first-order valence-electron chi connectivity index (χ1n) is 10.2. The summed E-state index contributed by atoms with van der Waals surface area (Å²) in [4.78, 5) is 21.9. The highest BCUT2D eigenvalue weighted by molar-refractivity contribution is 6.32. The molecule has 0 fully saturated rings. The SMILES string of the molecule is O=C(Nc1ccc(C(F)(F)F)cn1)N1CC=C(c2ncc(-c3nnc([C@H](O)CO)o3)cc2Cl)CC1. The number of anilines is 1.